The molecule has 1 amide bonds. The Morgan fingerprint density at radius 3 is 2.04 bits per heavy atom. The highest BCUT2D eigenvalue weighted by atomic mass is 32.3. The van der Waals surface area contributed by atoms with E-state index in [1.54, 1.807) is 0 Å². The molecule has 0 fully saturated rings. The van der Waals surface area contributed by atoms with E-state index in [-0.39, 0.29) is 5.91 Å². The molecule has 7 nitrogen and oxygen atoms in total. The van der Waals surface area contributed by atoms with Crippen LogP contribution in [0.15, 0.2) is 0 Å². The molecule has 0 aliphatic carbocycles. The maximum Gasteiger partial charge on any atom is 0.219 e. The van der Waals surface area contributed by atoms with E-state index in [9.17, 15) is 17.8 Å². The number of hydrogen-bond acceptors (Lipinski definition) is 5. The lowest BCUT2D eigenvalue weighted by atomic mass is 10.1. The molecule has 0 heterocycles. The van der Waals surface area contributed by atoms with Crippen LogP contribution in [0.2, 0.25) is 0 Å². The summed E-state index contributed by atoms with van der Waals surface area (Å²) >= 11 is 0. The van der Waals surface area contributed by atoms with Gasteiger partial charge < -0.3 is 14.4 Å². The van der Waals surface area contributed by atoms with Gasteiger partial charge in [0.15, 0.2) is 0 Å². The predicted molar refractivity (Wildman–Crippen MR) is 90.6 cm³/mol. The van der Waals surface area contributed by atoms with Gasteiger partial charge in [-0.2, -0.15) is 0 Å². The van der Waals surface area contributed by atoms with E-state index < -0.39 is 10.4 Å². The second-order valence-electron chi connectivity index (χ2n) is 6.46. The van der Waals surface area contributed by atoms with Crippen LogP contribution in [0.1, 0.15) is 51.9 Å². The summed E-state index contributed by atoms with van der Waals surface area (Å²) in [5, 5.41) is 3.00. The Morgan fingerprint density at radius 1 is 1.09 bits per heavy atom. The van der Waals surface area contributed by atoms with Gasteiger partial charge in [-0.15, -0.1) is 0 Å². The van der Waals surface area contributed by atoms with Gasteiger partial charge in [0.05, 0.1) is 34.8 Å². The summed E-state index contributed by atoms with van der Waals surface area (Å²) in [6, 6.07) is 0. The highest BCUT2D eigenvalue weighted by molar-refractivity contribution is 7.80. The van der Waals surface area contributed by atoms with E-state index in [4.69, 9.17) is 0 Å². The van der Waals surface area contributed by atoms with Gasteiger partial charge in [0, 0.05) is 19.4 Å². The lowest BCUT2D eigenvalue weighted by Gasteiger charge is -2.23. The van der Waals surface area contributed by atoms with E-state index in [2.05, 4.69) is 37.6 Å². The number of nitrogens with one attached hydrogen (secondary N) is 1. The molecule has 140 valence electrons. The van der Waals surface area contributed by atoms with Crippen LogP contribution in [-0.2, 0) is 19.4 Å². The van der Waals surface area contributed by atoms with Crippen molar-refractivity contribution >= 4 is 16.3 Å². The fourth-order valence-electron chi connectivity index (χ4n) is 1.76. The minimum absolute atomic E-state index is 0.225. The molecule has 0 aromatic rings. The summed E-state index contributed by atoms with van der Waals surface area (Å²) in [5.41, 5.74) is 0. The second-order valence-corrected chi connectivity index (χ2v) is 7.61. The van der Waals surface area contributed by atoms with Gasteiger partial charge in [-0.1, -0.05) is 32.6 Å². The first-order chi connectivity index (χ1) is 10.5. The minimum atomic E-state index is -4.41. The van der Waals surface area contributed by atoms with Gasteiger partial charge in [0.1, 0.15) is 0 Å². The molecule has 0 aromatic heterocycles. The molecule has 0 radical (unpaired) electrons. The topological polar surface area (TPSA) is 95.5 Å². The molecule has 23 heavy (non-hydrogen) atoms. The summed E-state index contributed by atoms with van der Waals surface area (Å²) in [5.74, 6) is 0.225. The molecule has 0 aliphatic rings. The largest absolute Gasteiger partial charge is 0.726 e. The maximum atomic E-state index is 11.5. The number of amides is 1. The quantitative estimate of drug-likeness (QED) is 0.263. The lowest BCUT2D eigenvalue weighted by Crippen LogP contribution is -2.37. The molecule has 0 unspecified atom stereocenters. The zero-order valence-corrected chi connectivity index (χ0v) is 16.1. The van der Waals surface area contributed by atoms with Crippen LogP contribution in [0.3, 0.4) is 0 Å². The Morgan fingerprint density at radius 2 is 1.61 bits per heavy atom. The number of unbranched alkanes of at least 4 members (excludes halogenated alkanes) is 4. The van der Waals surface area contributed by atoms with Crippen molar-refractivity contribution in [1.29, 1.82) is 0 Å². The molecule has 0 rings (SSSR count). The van der Waals surface area contributed by atoms with E-state index in [1.165, 1.54) is 25.7 Å². The monoisotopic (exact) mass is 354 g/mol. The SMILES string of the molecule is CCCCCCCC(=O)NCCC[N+](C)(C)C.COS(=O)(=O)[O-]. The number of carbonyl (C=O) groups is 1. The predicted octanol–water partition coefficient (Wildman–Crippen LogP) is 1.65. The summed E-state index contributed by atoms with van der Waals surface area (Å²) in [6.45, 7) is 4.14. The number of hydrogen-bond donors (Lipinski definition) is 1. The Bertz CT molecular complexity index is 391. The van der Waals surface area contributed by atoms with Crippen molar-refractivity contribution in [1.82, 2.24) is 5.32 Å². The van der Waals surface area contributed by atoms with Crippen LogP contribution in [0, 0.1) is 0 Å². The fraction of sp³-hybridized carbons (Fsp3) is 0.933. The zero-order valence-electron chi connectivity index (χ0n) is 15.3. The van der Waals surface area contributed by atoms with Gasteiger partial charge >= 0.3 is 0 Å². The van der Waals surface area contributed by atoms with Crippen molar-refractivity contribution in [3.63, 3.8) is 0 Å². The van der Waals surface area contributed by atoms with Crippen LogP contribution in [0.5, 0.6) is 0 Å². The Kier molecular flexibility index (Phi) is 14.6. The van der Waals surface area contributed by atoms with E-state index in [1.807, 2.05) is 0 Å². The first-order valence-corrected chi connectivity index (χ1v) is 9.43. The maximum absolute atomic E-state index is 11.5. The molecule has 8 heteroatoms. The van der Waals surface area contributed by atoms with Crippen LogP contribution in [-0.4, -0.2) is 64.7 Å². The van der Waals surface area contributed by atoms with Gasteiger partial charge in [-0.3, -0.25) is 8.98 Å². The molecule has 0 bridgehead atoms. The highest BCUT2D eigenvalue weighted by Gasteiger charge is 2.06. The minimum Gasteiger partial charge on any atom is -0.726 e. The van der Waals surface area contributed by atoms with E-state index in [0.717, 1.165) is 37.5 Å². The van der Waals surface area contributed by atoms with Crippen molar-refractivity contribution < 1.29 is 26.4 Å². The third-order valence-corrected chi connectivity index (χ3v) is 3.45. The van der Waals surface area contributed by atoms with Gasteiger partial charge in [-0.05, 0) is 6.42 Å². The lowest BCUT2D eigenvalue weighted by molar-refractivity contribution is -0.870. The van der Waals surface area contributed by atoms with E-state index >= 15 is 0 Å². The van der Waals surface area contributed by atoms with Crippen LogP contribution in [0.25, 0.3) is 0 Å². The molecule has 0 spiro atoms. The molecular formula is C15H34N2O5S. The van der Waals surface area contributed by atoms with E-state index in [0.29, 0.717) is 6.42 Å². The first-order valence-electron chi connectivity index (χ1n) is 8.10. The third-order valence-electron chi connectivity index (χ3n) is 3.04. The van der Waals surface area contributed by atoms with Crippen molar-refractivity contribution in [2.45, 2.75) is 51.9 Å². The van der Waals surface area contributed by atoms with Crippen molar-refractivity contribution in [2.75, 3.05) is 41.3 Å². The summed E-state index contributed by atoms with van der Waals surface area (Å²) in [4.78, 5) is 11.5. The summed E-state index contributed by atoms with van der Waals surface area (Å²) in [7, 11) is 2.92. The first kappa shape index (κ1) is 24.6. The van der Waals surface area contributed by atoms with Crippen molar-refractivity contribution in [3.05, 3.63) is 0 Å². The standard InChI is InChI=1S/C14H30N2O.CH4O4S/c1-5-6-7-8-9-11-14(17)15-12-10-13-16(2,3)4;1-5-6(2,3)4/h5-13H2,1-4H3;1H3,(H,2,3,4). The average Bonchev–Trinajstić information content (AvgIpc) is 2.42. The number of quaternary nitrogens is 1. The molecule has 1 N–H and O–H groups in total. The molecule has 0 saturated heterocycles. The smallest absolute Gasteiger partial charge is 0.219 e. The number of carbonyl (C=O) groups excluding carboxylic acids is 1. The number of nitrogens with zero attached hydrogens (tertiary/aromatic N) is 1. The molecule has 0 aromatic carbocycles. The van der Waals surface area contributed by atoms with Gasteiger partial charge in [-0.25, -0.2) is 8.42 Å². The molecular weight excluding hydrogens is 320 g/mol. The third kappa shape index (κ3) is 26.5. The van der Waals surface area contributed by atoms with Gasteiger partial charge in [0.25, 0.3) is 0 Å². The van der Waals surface area contributed by atoms with Crippen LogP contribution in [0.4, 0.5) is 0 Å². The molecule has 0 aliphatic heterocycles. The Hall–Kier alpha value is -0.700. The molecule has 0 atom stereocenters. The highest BCUT2D eigenvalue weighted by Crippen LogP contribution is 2.04. The van der Waals surface area contributed by atoms with Crippen molar-refractivity contribution in [3.8, 4) is 0 Å². The molecule has 0 saturated carbocycles. The Labute approximate surface area is 141 Å². The zero-order chi connectivity index (χ0) is 18.4. The summed E-state index contributed by atoms with van der Waals surface area (Å²) < 4.78 is 32.0. The Balaban J connectivity index is 0. The fourth-order valence-corrected chi connectivity index (χ4v) is 1.76. The van der Waals surface area contributed by atoms with Crippen molar-refractivity contribution in [2.24, 2.45) is 0 Å². The van der Waals surface area contributed by atoms with Crippen LogP contribution < -0.4 is 5.32 Å². The summed E-state index contributed by atoms with van der Waals surface area (Å²) in [6.07, 6.45) is 7.83. The normalized spacial score (nSPS) is 11.6. The second kappa shape index (κ2) is 13.7. The van der Waals surface area contributed by atoms with Crippen LogP contribution >= 0.6 is 0 Å². The van der Waals surface area contributed by atoms with Gasteiger partial charge in [0.2, 0.25) is 16.3 Å². The number of rotatable bonds is 11. The average molecular weight is 355 g/mol.